The lowest BCUT2D eigenvalue weighted by atomic mass is 9.85. The van der Waals surface area contributed by atoms with Crippen molar-refractivity contribution in [2.75, 3.05) is 0 Å². The molecule has 2 heterocycles. The Labute approximate surface area is 292 Å². The summed E-state index contributed by atoms with van der Waals surface area (Å²) in [6.45, 7) is 0. The number of benzene rings is 9. The first-order valence-corrected chi connectivity index (χ1v) is 17.9. The van der Waals surface area contributed by atoms with Crippen LogP contribution in [-0.4, -0.2) is 0 Å². The molecule has 0 fully saturated rings. The first-order valence-electron chi connectivity index (χ1n) is 17.1. The Morgan fingerprint density at radius 3 is 1.60 bits per heavy atom. The van der Waals surface area contributed by atoms with Gasteiger partial charge in [0.2, 0.25) is 0 Å². The monoisotopic (exact) mass is 652 g/mol. The summed E-state index contributed by atoms with van der Waals surface area (Å²) in [5.74, 6) is 0. The molecule has 0 amide bonds. The van der Waals surface area contributed by atoms with Gasteiger partial charge >= 0.3 is 0 Å². The summed E-state index contributed by atoms with van der Waals surface area (Å²) < 4.78 is 9.68. The predicted molar refractivity (Wildman–Crippen MR) is 215 cm³/mol. The maximum absolute atomic E-state index is 7.13. The highest BCUT2D eigenvalue weighted by molar-refractivity contribution is 7.26. The number of fused-ring (bicyclic) bond motifs is 10. The second kappa shape index (κ2) is 10.6. The van der Waals surface area contributed by atoms with Crippen molar-refractivity contribution >= 4 is 85.8 Å². The van der Waals surface area contributed by atoms with Gasteiger partial charge in [-0.25, -0.2) is 0 Å². The molecule has 11 aromatic rings. The van der Waals surface area contributed by atoms with Crippen LogP contribution in [0.1, 0.15) is 0 Å². The predicted octanol–water partition coefficient (Wildman–Crippen LogP) is 14.4. The summed E-state index contributed by atoms with van der Waals surface area (Å²) >= 11 is 1.87. The van der Waals surface area contributed by atoms with E-state index in [4.69, 9.17) is 4.42 Å². The van der Waals surface area contributed by atoms with Crippen molar-refractivity contribution in [2.24, 2.45) is 0 Å². The highest BCUT2D eigenvalue weighted by Crippen LogP contribution is 2.52. The number of thiophene rings is 1. The van der Waals surface area contributed by atoms with Crippen LogP contribution >= 0.6 is 11.3 Å². The molecule has 232 valence electrons. The minimum atomic E-state index is 0.949. The van der Waals surface area contributed by atoms with E-state index in [-0.39, 0.29) is 0 Å². The van der Waals surface area contributed by atoms with E-state index in [0.717, 1.165) is 27.3 Å². The third kappa shape index (κ3) is 3.94. The van der Waals surface area contributed by atoms with Crippen molar-refractivity contribution in [2.45, 2.75) is 0 Å². The number of hydrogen-bond acceptors (Lipinski definition) is 2. The van der Waals surface area contributed by atoms with E-state index in [1.165, 1.54) is 80.5 Å². The molecule has 11 rings (SSSR count). The summed E-state index contributed by atoms with van der Waals surface area (Å²) in [7, 11) is 0. The molecule has 0 spiro atoms. The van der Waals surface area contributed by atoms with Gasteiger partial charge in [0.05, 0.1) is 0 Å². The minimum absolute atomic E-state index is 0.949. The molecule has 2 aromatic heterocycles. The number of hydrogen-bond donors (Lipinski definition) is 0. The topological polar surface area (TPSA) is 13.1 Å². The second-order valence-corrected chi connectivity index (χ2v) is 14.2. The van der Waals surface area contributed by atoms with Gasteiger partial charge in [0.15, 0.2) is 0 Å². The van der Waals surface area contributed by atoms with Crippen molar-refractivity contribution in [3.05, 3.63) is 170 Å². The van der Waals surface area contributed by atoms with Gasteiger partial charge in [0.1, 0.15) is 11.2 Å². The van der Waals surface area contributed by atoms with Crippen molar-refractivity contribution in [3.8, 4) is 33.4 Å². The first-order chi connectivity index (χ1) is 24.8. The van der Waals surface area contributed by atoms with Gasteiger partial charge in [-0.05, 0) is 67.4 Å². The normalized spacial score (nSPS) is 12.0. The summed E-state index contributed by atoms with van der Waals surface area (Å²) in [5.41, 5.74) is 9.22. The van der Waals surface area contributed by atoms with Crippen LogP contribution < -0.4 is 0 Å². The van der Waals surface area contributed by atoms with Gasteiger partial charge in [-0.2, -0.15) is 0 Å². The number of furan rings is 1. The lowest BCUT2D eigenvalue weighted by Gasteiger charge is -2.18. The summed E-state index contributed by atoms with van der Waals surface area (Å²) in [6.07, 6.45) is 0. The molecule has 0 bridgehead atoms. The third-order valence-electron chi connectivity index (χ3n) is 10.5. The Kier molecular flexibility index (Phi) is 5.89. The Hall–Kier alpha value is -6.22. The van der Waals surface area contributed by atoms with Crippen molar-refractivity contribution in [3.63, 3.8) is 0 Å². The average molecular weight is 653 g/mol. The fourth-order valence-electron chi connectivity index (χ4n) is 8.21. The van der Waals surface area contributed by atoms with Crippen molar-refractivity contribution in [1.29, 1.82) is 0 Å². The lowest BCUT2D eigenvalue weighted by molar-refractivity contribution is 0.674. The van der Waals surface area contributed by atoms with Gasteiger partial charge in [0.25, 0.3) is 0 Å². The van der Waals surface area contributed by atoms with Crippen LogP contribution in [0.15, 0.2) is 174 Å². The molecular formula is C48H28OS. The molecule has 0 aliphatic rings. The van der Waals surface area contributed by atoms with Crippen LogP contribution in [0.3, 0.4) is 0 Å². The Morgan fingerprint density at radius 2 is 0.880 bits per heavy atom. The van der Waals surface area contributed by atoms with E-state index in [9.17, 15) is 0 Å². The maximum Gasteiger partial charge on any atom is 0.144 e. The van der Waals surface area contributed by atoms with Crippen LogP contribution in [0, 0.1) is 0 Å². The summed E-state index contributed by atoms with van der Waals surface area (Å²) in [4.78, 5) is 0. The Balaban J connectivity index is 1.29. The molecule has 0 N–H and O–H groups in total. The van der Waals surface area contributed by atoms with Crippen LogP contribution in [0.4, 0.5) is 0 Å². The SMILES string of the molecule is c1ccc(-c2ccc(-c3c4ccccc4c(-c4c5oc6c7ccccc7ccc6c5cc5c4sc4ccccc45)c4ccccc34)cc2)cc1. The van der Waals surface area contributed by atoms with Gasteiger partial charge < -0.3 is 4.42 Å². The van der Waals surface area contributed by atoms with E-state index in [0.29, 0.717) is 0 Å². The fraction of sp³-hybridized carbons (Fsp3) is 0. The zero-order chi connectivity index (χ0) is 32.8. The molecule has 9 aromatic carbocycles. The standard InChI is InChI=1S/C48H28OS/c1-2-12-29(13-3-1)30-22-24-32(25-23-30)43-35-17-6-8-19-37(35)44(38-20-9-7-18-36(38)43)45-47-40(28-41-34-16-10-11-21-42(34)50-48(41)45)39-27-26-31-14-4-5-15-33(31)46(39)49-47/h1-28H. The average Bonchev–Trinajstić information content (AvgIpc) is 3.75. The highest BCUT2D eigenvalue weighted by atomic mass is 32.1. The summed E-state index contributed by atoms with van der Waals surface area (Å²) in [5, 5.41) is 12.1. The molecule has 50 heavy (non-hydrogen) atoms. The van der Waals surface area contributed by atoms with Crippen LogP contribution in [-0.2, 0) is 0 Å². The minimum Gasteiger partial charge on any atom is -0.455 e. The fourth-order valence-corrected chi connectivity index (χ4v) is 9.44. The van der Waals surface area contributed by atoms with E-state index in [1.54, 1.807) is 0 Å². The van der Waals surface area contributed by atoms with E-state index in [1.807, 2.05) is 11.3 Å². The third-order valence-corrected chi connectivity index (χ3v) is 11.7. The smallest absolute Gasteiger partial charge is 0.144 e. The first kappa shape index (κ1) is 27.7. The van der Waals surface area contributed by atoms with Crippen LogP contribution in [0.5, 0.6) is 0 Å². The molecule has 0 radical (unpaired) electrons. The molecule has 0 unspecified atom stereocenters. The second-order valence-electron chi connectivity index (χ2n) is 13.2. The van der Waals surface area contributed by atoms with Gasteiger partial charge in [0, 0.05) is 47.5 Å². The Morgan fingerprint density at radius 1 is 0.320 bits per heavy atom. The van der Waals surface area contributed by atoms with Crippen LogP contribution in [0.25, 0.3) is 108 Å². The molecule has 0 saturated carbocycles. The van der Waals surface area contributed by atoms with Crippen molar-refractivity contribution < 1.29 is 4.42 Å². The molecule has 0 aliphatic carbocycles. The summed E-state index contributed by atoms with van der Waals surface area (Å²) in [6, 6.07) is 61.8. The van der Waals surface area contributed by atoms with E-state index < -0.39 is 0 Å². The van der Waals surface area contributed by atoms with E-state index >= 15 is 0 Å². The van der Waals surface area contributed by atoms with Gasteiger partial charge in [-0.15, -0.1) is 11.3 Å². The molecule has 0 atom stereocenters. The molecular weight excluding hydrogens is 625 g/mol. The van der Waals surface area contributed by atoms with Gasteiger partial charge in [-0.1, -0.05) is 152 Å². The number of rotatable bonds is 3. The largest absolute Gasteiger partial charge is 0.455 e. The maximum atomic E-state index is 7.13. The van der Waals surface area contributed by atoms with Crippen molar-refractivity contribution in [1.82, 2.24) is 0 Å². The zero-order valence-corrected chi connectivity index (χ0v) is 27.8. The quantitative estimate of drug-likeness (QED) is 0.173. The highest BCUT2D eigenvalue weighted by Gasteiger charge is 2.25. The van der Waals surface area contributed by atoms with E-state index in [2.05, 4.69) is 170 Å². The van der Waals surface area contributed by atoms with Gasteiger partial charge in [-0.3, -0.25) is 0 Å². The van der Waals surface area contributed by atoms with Crippen LogP contribution in [0.2, 0.25) is 0 Å². The lowest BCUT2D eigenvalue weighted by Crippen LogP contribution is -1.91. The molecule has 0 saturated heterocycles. The zero-order valence-electron chi connectivity index (χ0n) is 27.0. The molecule has 2 heteroatoms. The molecule has 1 nitrogen and oxygen atoms in total. The molecule has 0 aliphatic heterocycles. The Bertz CT molecular complexity index is 3070.